The smallest absolute Gasteiger partial charge is 0.125 e. The second kappa shape index (κ2) is 9.72. The summed E-state index contributed by atoms with van der Waals surface area (Å²) in [6.45, 7) is 5.90. The molecule has 2 aromatic rings. The van der Waals surface area contributed by atoms with Gasteiger partial charge in [0.2, 0.25) is 0 Å². The second-order valence-electron chi connectivity index (χ2n) is 7.29. The Morgan fingerprint density at radius 2 is 1.82 bits per heavy atom. The van der Waals surface area contributed by atoms with Gasteiger partial charge in [-0.1, -0.05) is 18.5 Å². The lowest BCUT2D eigenvalue weighted by Gasteiger charge is -2.28. The number of rotatable bonds is 9. The van der Waals surface area contributed by atoms with Crippen molar-refractivity contribution < 1.29 is 18.1 Å². The number of benzene rings is 2. The van der Waals surface area contributed by atoms with E-state index in [0.29, 0.717) is 17.2 Å². The second-order valence-corrected chi connectivity index (χ2v) is 9.39. The molecular formula is C21H27ClFNO3S. The number of hydrogen-bond donors (Lipinski definition) is 1. The minimum absolute atomic E-state index is 0.0508. The maximum Gasteiger partial charge on any atom is 0.125 e. The first-order chi connectivity index (χ1) is 13.2. The fraction of sp³-hybridized carbons (Fsp3) is 0.429. The van der Waals surface area contributed by atoms with E-state index >= 15 is 0 Å². The molecule has 4 nitrogen and oxygen atoms in total. The fourth-order valence-corrected chi connectivity index (χ4v) is 3.75. The summed E-state index contributed by atoms with van der Waals surface area (Å²) in [5.74, 6) is 0.933. The van der Waals surface area contributed by atoms with Crippen LogP contribution in [0, 0.1) is 5.82 Å². The molecule has 0 heterocycles. The van der Waals surface area contributed by atoms with Crippen molar-refractivity contribution in [3.05, 3.63) is 58.4 Å². The Hall–Kier alpha value is -1.63. The summed E-state index contributed by atoms with van der Waals surface area (Å²) < 4.78 is 36.4. The van der Waals surface area contributed by atoms with Crippen molar-refractivity contribution in [2.24, 2.45) is 5.14 Å². The van der Waals surface area contributed by atoms with Gasteiger partial charge in [0, 0.05) is 5.56 Å². The van der Waals surface area contributed by atoms with Crippen molar-refractivity contribution in [1.82, 2.24) is 0 Å². The molecular weight excluding hydrogens is 401 g/mol. The molecule has 0 aliphatic heterocycles. The topological polar surface area (TPSA) is 61.6 Å². The number of ether oxygens (including phenoxy) is 2. The van der Waals surface area contributed by atoms with Crippen LogP contribution >= 0.6 is 11.6 Å². The highest BCUT2D eigenvalue weighted by molar-refractivity contribution is 7.84. The normalized spacial score (nSPS) is 13.8. The van der Waals surface area contributed by atoms with E-state index in [4.69, 9.17) is 26.2 Å². The van der Waals surface area contributed by atoms with Crippen LogP contribution in [0.3, 0.4) is 0 Å². The minimum Gasteiger partial charge on any atom is -0.497 e. The van der Waals surface area contributed by atoms with E-state index in [1.165, 1.54) is 12.1 Å². The highest BCUT2D eigenvalue weighted by Gasteiger charge is 2.29. The molecule has 0 fully saturated rings. The van der Waals surface area contributed by atoms with Gasteiger partial charge in [-0.3, -0.25) is 5.14 Å². The first kappa shape index (κ1) is 22.7. The van der Waals surface area contributed by atoms with Crippen LogP contribution in [0.15, 0.2) is 36.4 Å². The summed E-state index contributed by atoms with van der Waals surface area (Å²) in [6.07, 6.45) is 1.28. The van der Waals surface area contributed by atoms with Gasteiger partial charge >= 0.3 is 0 Å². The highest BCUT2D eigenvalue weighted by atomic mass is 35.5. The summed E-state index contributed by atoms with van der Waals surface area (Å²) in [7, 11) is 0.103. The van der Waals surface area contributed by atoms with Crippen LogP contribution in [0.5, 0.6) is 11.5 Å². The molecule has 2 aromatic carbocycles. The van der Waals surface area contributed by atoms with Crippen LogP contribution in [0.4, 0.5) is 4.39 Å². The lowest BCUT2D eigenvalue weighted by atomic mass is 9.85. The largest absolute Gasteiger partial charge is 0.497 e. The predicted octanol–water partition coefficient (Wildman–Crippen LogP) is 5.35. The van der Waals surface area contributed by atoms with Crippen LogP contribution in [0.2, 0.25) is 5.02 Å². The molecule has 0 saturated heterocycles. The standard InChI is InChI=1S/C21H27ClFNO3S/c1-5-14(12-21(2,3)28(24)25)18-10-15(23)11-20(22)19(18)13-27-17-8-6-16(26-4)7-9-17/h6-11,14H,5,12-13,24H2,1-4H3/t14-,28?/m1/s1. The molecule has 7 heteroatoms. The van der Waals surface area contributed by atoms with Crippen molar-refractivity contribution in [3.63, 3.8) is 0 Å². The van der Waals surface area contributed by atoms with Crippen molar-refractivity contribution >= 4 is 22.6 Å². The quantitative estimate of drug-likeness (QED) is 0.586. The number of hydrogen-bond acceptors (Lipinski definition) is 3. The third kappa shape index (κ3) is 5.69. The third-order valence-corrected chi connectivity index (χ3v) is 6.45. The Kier molecular flexibility index (Phi) is 7.87. The molecule has 2 atom stereocenters. The van der Waals surface area contributed by atoms with Crippen molar-refractivity contribution in [2.45, 2.75) is 50.9 Å². The van der Waals surface area contributed by atoms with Gasteiger partial charge < -0.3 is 9.47 Å². The lowest BCUT2D eigenvalue weighted by Crippen LogP contribution is -2.33. The van der Waals surface area contributed by atoms with E-state index in [0.717, 1.165) is 23.3 Å². The minimum atomic E-state index is -1.50. The molecule has 0 aliphatic carbocycles. The van der Waals surface area contributed by atoms with Gasteiger partial charge in [0.05, 0.1) is 27.9 Å². The monoisotopic (exact) mass is 427 g/mol. The van der Waals surface area contributed by atoms with Crippen LogP contribution < -0.4 is 14.6 Å². The van der Waals surface area contributed by atoms with Crippen LogP contribution in [0.1, 0.15) is 50.7 Å². The predicted molar refractivity (Wildman–Crippen MR) is 113 cm³/mol. The zero-order valence-electron chi connectivity index (χ0n) is 16.6. The SMILES string of the molecule is CC[C@H](CC(C)(C)S(N)=O)c1cc(F)cc(Cl)c1COc1ccc(OC)cc1. The van der Waals surface area contributed by atoms with Crippen LogP contribution in [-0.4, -0.2) is 16.1 Å². The molecule has 2 N–H and O–H groups in total. The molecule has 1 unspecified atom stereocenters. The third-order valence-electron chi connectivity index (χ3n) is 4.85. The van der Waals surface area contributed by atoms with Crippen molar-refractivity contribution in [2.75, 3.05) is 7.11 Å². The van der Waals surface area contributed by atoms with Gasteiger partial charge in [-0.2, -0.15) is 0 Å². The zero-order valence-corrected chi connectivity index (χ0v) is 18.2. The molecule has 0 aromatic heterocycles. The van der Waals surface area contributed by atoms with Crippen LogP contribution in [-0.2, 0) is 17.6 Å². The Bertz CT molecular complexity index is 827. The molecule has 154 valence electrons. The van der Waals surface area contributed by atoms with Gasteiger partial charge in [0.1, 0.15) is 23.9 Å². The van der Waals surface area contributed by atoms with E-state index in [9.17, 15) is 8.60 Å². The van der Waals surface area contributed by atoms with Crippen LogP contribution in [0.25, 0.3) is 0 Å². The van der Waals surface area contributed by atoms with Gasteiger partial charge in [-0.15, -0.1) is 0 Å². The van der Waals surface area contributed by atoms with E-state index in [-0.39, 0.29) is 12.5 Å². The Morgan fingerprint density at radius 1 is 1.21 bits per heavy atom. The molecule has 0 saturated carbocycles. The maximum atomic E-state index is 14.1. The fourth-order valence-electron chi connectivity index (χ4n) is 3.12. The van der Waals surface area contributed by atoms with Crippen molar-refractivity contribution in [1.29, 1.82) is 0 Å². The summed E-state index contributed by atoms with van der Waals surface area (Å²) >= 11 is 6.36. The molecule has 0 aliphatic rings. The summed E-state index contributed by atoms with van der Waals surface area (Å²) in [5, 5.41) is 5.96. The van der Waals surface area contributed by atoms with E-state index < -0.39 is 21.5 Å². The Morgan fingerprint density at radius 3 is 2.36 bits per heavy atom. The molecule has 0 amide bonds. The average Bonchev–Trinajstić information content (AvgIpc) is 2.65. The summed E-state index contributed by atoms with van der Waals surface area (Å²) in [6, 6.07) is 9.98. The maximum absolute atomic E-state index is 14.1. The first-order valence-electron chi connectivity index (χ1n) is 9.09. The van der Waals surface area contributed by atoms with Gasteiger partial charge in [-0.25, -0.2) is 8.60 Å². The summed E-state index contributed by atoms with van der Waals surface area (Å²) in [5.41, 5.74) is 1.49. The van der Waals surface area contributed by atoms with Gasteiger partial charge in [0.15, 0.2) is 0 Å². The van der Waals surface area contributed by atoms with Gasteiger partial charge in [-0.05, 0) is 74.6 Å². The number of halogens is 2. The van der Waals surface area contributed by atoms with Gasteiger partial charge in [0.25, 0.3) is 0 Å². The van der Waals surface area contributed by atoms with E-state index in [2.05, 4.69) is 0 Å². The lowest BCUT2D eigenvalue weighted by molar-refractivity contribution is 0.302. The summed E-state index contributed by atoms with van der Waals surface area (Å²) in [4.78, 5) is 0. The van der Waals surface area contributed by atoms with Crippen molar-refractivity contribution in [3.8, 4) is 11.5 Å². The molecule has 2 rings (SSSR count). The zero-order chi connectivity index (χ0) is 20.9. The van der Waals surface area contributed by atoms with E-state index in [1.807, 2.05) is 20.8 Å². The molecule has 0 spiro atoms. The first-order valence-corrected chi connectivity index (χ1v) is 10.7. The highest BCUT2D eigenvalue weighted by Crippen LogP contribution is 2.36. The average molecular weight is 428 g/mol. The molecule has 0 radical (unpaired) electrons. The number of methoxy groups -OCH3 is 1. The number of nitrogens with two attached hydrogens (primary N) is 1. The Labute approximate surface area is 173 Å². The van der Waals surface area contributed by atoms with E-state index in [1.54, 1.807) is 31.4 Å². The molecule has 0 bridgehead atoms. The molecule has 28 heavy (non-hydrogen) atoms. The Balaban J connectivity index is 2.31.